The third-order valence-corrected chi connectivity index (χ3v) is 2.53. The number of methoxy groups -OCH3 is 1. The fraction of sp³-hybridized carbons (Fsp3) is 0.250. The molecule has 0 spiro atoms. The van der Waals surface area contributed by atoms with Crippen molar-refractivity contribution in [3.05, 3.63) is 45.8 Å². The number of benzene rings is 1. The van der Waals surface area contributed by atoms with Gasteiger partial charge < -0.3 is 14.6 Å². The Balaban J connectivity index is 2.17. The molecule has 0 fully saturated rings. The molecule has 0 unspecified atom stereocenters. The highest BCUT2D eigenvalue weighted by atomic mass is 16.6. The summed E-state index contributed by atoms with van der Waals surface area (Å²) in [6.07, 6.45) is 0. The maximum atomic E-state index is 10.7. The number of aryl methyl sites for hydroxylation is 1. The van der Waals surface area contributed by atoms with Gasteiger partial charge in [-0.2, -0.15) is 0 Å². The van der Waals surface area contributed by atoms with E-state index in [1.807, 2.05) is 0 Å². The third kappa shape index (κ3) is 3.01. The Morgan fingerprint density at radius 2 is 2.26 bits per heavy atom. The Labute approximate surface area is 109 Å². The number of nitrogens with one attached hydrogen (secondary N) is 1. The van der Waals surface area contributed by atoms with Crippen LogP contribution in [0.25, 0.3) is 0 Å². The molecule has 100 valence electrons. The van der Waals surface area contributed by atoms with Crippen LogP contribution in [-0.2, 0) is 6.54 Å². The van der Waals surface area contributed by atoms with E-state index in [1.54, 1.807) is 19.1 Å². The van der Waals surface area contributed by atoms with Gasteiger partial charge in [-0.1, -0.05) is 5.16 Å². The molecule has 0 bridgehead atoms. The summed E-state index contributed by atoms with van der Waals surface area (Å²) in [5.74, 6) is 1.24. The standard InChI is InChI=1S/C12H13N3O4/c1-8-5-9(14-19-8)7-13-11-6-10(15(16)17)3-4-12(11)18-2/h3-6,13H,7H2,1-2H3. The van der Waals surface area contributed by atoms with Crippen molar-refractivity contribution >= 4 is 11.4 Å². The van der Waals surface area contributed by atoms with Gasteiger partial charge in [0.1, 0.15) is 17.2 Å². The highest BCUT2D eigenvalue weighted by Crippen LogP contribution is 2.29. The lowest BCUT2D eigenvalue weighted by atomic mass is 10.2. The van der Waals surface area contributed by atoms with Gasteiger partial charge in [-0.3, -0.25) is 10.1 Å². The van der Waals surface area contributed by atoms with E-state index >= 15 is 0 Å². The first-order valence-electron chi connectivity index (χ1n) is 5.58. The van der Waals surface area contributed by atoms with E-state index in [0.717, 1.165) is 0 Å². The van der Waals surface area contributed by atoms with Crippen LogP contribution < -0.4 is 10.1 Å². The molecule has 1 aromatic carbocycles. The number of hydrogen-bond acceptors (Lipinski definition) is 6. The molecule has 7 nitrogen and oxygen atoms in total. The molecule has 2 aromatic rings. The van der Waals surface area contributed by atoms with Crippen molar-refractivity contribution in [2.45, 2.75) is 13.5 Å². The van der Waals surface area contributed by atoms with Gasteiger partial charge in [-0.25, -0.2) is 0 Å². The summed E-state index contributed by atoms with van der Waals surface area (Å²) >= 11 is 0. The number of nitro groups is 1. The average Bonchev–Trinajstić information content (AvgIpc) is 2.81. The van der Waals surface area contributed by atoms with Gasteiger partial charge in [0, 0.05) is 18.2 Å². The van der Waals surface area contributed by atoms with Crippen LogP contribution >= 0.6 is 0 Å². The van der Waals surface area contributed by atoms with Crippen LogP contribution in [0.4, 0.5) is 11.4 Å². The Morgan fingerprint density at radius 3 is 2.84 bits per heavy atom. The van der Waals surface area contributed by atoms with Crippen molar-refractivity contribution in [1.82, 2.24) is 5.16 Å². The molecule has 1 heterocycles. The van der Waals surface area contributed by atoms with Crippen molar-refractivity contribution in [2.24, 2.45) is 0 Å². The molecule has 0 atom stereocenters. The summed E-state index contributed by atoms with van der Waals surface area (Å²) in [4.78, 5) is 10.3. The molecule has 0 aliphatic heterocycles. The van der Waals surface area contributed by atoms with Crippen LogP contribution in [0.5, 0.6) is 5.75 Å². The van der Waals surface area contributed by atoms with Crippen LogP contribution in [0.15, 0.2) is 28.8 Å². The second-order valence-corrected chi connectivity index (χ2v) is 3.92. The van der Waals surface area contributed by atoms with Crippen molar-refractivity contribution < 1.29 is 14.2 Å². The number of hydrogen-bond donors (Lipinski definition) is 1. The number of aromatic nitrogens is 1. The Bertz CT molecular complexity index is 594. The molecule has 7 heteroatoms. The quantitative estimate of drug-likeness (QED) is 0.658. The van der Waals surface area contributed by atoms with Gasteiger partial charge in [0.15, 0.2) is 0 Å². The lowest BCUT2D eigenvalue weighted by molar-refractivity contribution is -0.384. The highest BCUT2D eigenvalue weighted by molar-refractivity contribution is 5.61. The van der Waals surface area contributed by atoms with Crippen LogP contribution in [0.2, 0.25) is 0 Å². The molecule has 1 aromatic heterocycles. The second kappa shape index (κ2) is 5.38. The van der Waals surface area contributed by atoms with Crippen molar-refractivity contribution in [3.8, 4) is 5.75 Å². The molecular weight excluding hydrogens is 250 g/mol. The van der Waals surface area contributed by atoms with Crippen LogP contribution in [0.3, 0.4) is 0 Å². The number of ether oxygens (including phenoxy) is 1. The highest BCUT2D eigenvalue weighted by Gasteiger charge is 2.11. The molecule has 19 heavy (non-hydrogen) atoms. The van der Waals surface area contributed by atoms with Crippen molar-refractivity contribution in [1.29, 1.82) is 0 Å². The summed E-state index contributed by atoms with van der Waals surface area (Å²) in [6, 6.07) is 6.15. The molecule has 0 saturated heterocycles. The topological polar surface area (TPSA) is 90.4 Å². The summed E-state index contributed by atoms with van der Waals surface area (Å²) in [5.41, 5.74) is 1.25. The predicted octanol–water partition coefficient (Wildman–Crippen LogP) is 2.51. The number of nitrogens with zero attached hydrogens (tertiary/aromatic N) is 2. The minimum atomic E-state index is -0.454. The van der Waals surface area contributed by atoms with Crippen LogP contribution in [0, 0.1) is 17.0 Å². The number of non-ortho nitro benzene ring substituents is 1. The molecule has 0 amide bonds. The summed E-state index contributed by atoms with van der Waals surface area (Å²) < 4.78 is 10.1. The van der Waals surface area contributed by atoms with Gasteiger partial charge in [-0.15, -0.1) is 0 Å². The summed E-state index contributed by atoms with van der Waals surface area (Å²) in [6.45, 7) is 2.19. The minimum Gasteiger partial charge on any atom is -0.495 e. The fourth-order valence-corrected chi connectivity index (χ4v) is 1.63. The SMILES string of the molecule is COc1ccc([N+](=O)[O-])cc1NCc1cc(C)on1. The lowest BCUT2D eigenvalue weighted by Crippen LogP contribution is -2.02. The van der Waals surface area contributed by atoms with E-state index in [2.05, 4.69) is 10.5 Å². The first-order chi connectivity index (χ1) is 9.10. The largest absolute Gasteiger partial charge is 0.495 e. The van der Waals surface area contributed by atoms with Gasteiger partial charge >= 0.3 is 0 Å². The van der Waals surface area contributed by atoms with E-state index in [4.69, 9.17) is 9.26 Å². The summed E-state index contributed by atoms with van der Waals surface area (Å²) in [7, 11) is 1.51. The van der Waals surface area contributed by atoms with E-state index in [1.165, 1.54) is 19.2 Å². The van der Waals surface area contributed by atoms with Crippen molar-refractivity contribution in [3.63, 3.8) is 0 Å². The van der Waals surface area contributed by atoms with Gasteiger partial charge in [0.05, 0.1) is 24.3 Å². The molecule has 0 saturated carbocycles. The first kappa shape index (κ1) is 12.9. The Hall–Kier alpha value is -2.57. The van der Waals surface area contributed by atoms with Gasteiger partial charge in [0.2, 0.25) is 0 Å². The zero-order chi connectivity index (χ0) is 13.8. The maximum absolute atomic E-state index is 10.7. The zero-order valence-electron chi connectivity index (χ0n) is 10.5. The second-order valence-electron chi connectivity index (χ2n) is 3.92. The monoisotopic (exact) mass is 263 g/mol. The molecule has 1 N–H and O–H groups in total. The fourth-order valence-electron chi connectivity index (χ4n) is 1.63. The number of anilines is 1. The average molecular weight is 263 g/mol. The van der Waals surface area contributed by atoms with E-state index in [0.29, 0.717) is 29.4 Å². The minimum absolute atomic E-state index is 0.000339. The molecule has 2 rings (SSSR count). The molecular formula is C12H13N3O4. The van der Waals surface area contributed by atoms with Crippen LogP contribution in [0.1, 0.15) is 11.5 Å². The predicted molar refractivity (Wildman–Crippen MR) is 68.2 cm³/mol. The van der Waals surface area contributed by atoms with Crippen LogP contribution in [-0.4, -0.2) is 17.2 Å². The van der Waals surface area contributed by atoms with E-state index in [9.17, 15) is 10.1 Å². The number of rotatable bonds is 5. The first-order valence-corrected chi connectivity index (χ1v) is 5.58. The third-order valence-electron chi connectivity index (χ3n) is 2.53. The Morgan fingerprint density at radius 1 is 1.47 bits per heavy atom. The summed E-state index contributed by atoms with van der Waals surface area (Å²) in [5, 5.41) is 17.6. The maximum Gasteiger partial charge on any atom is 0.271 e. The normalized spacial score (nSPS) is 10.2. The lowest BCUT2D eigenvalue weighted by Gasteiger charge is -2.09. The Kier molecular flexibility index (Phi) is 3.65. The van der Waals surface area contributed by atoms with Crippen molar-refractivity contribution in [2.75, 3.05) is 12.4 Å². The van der Waals surface area contributed by atoms with E-state index in [-0.39, 0.29) is 5.69 Å². The van der Waals surface area contributed by atoms with Gasteiger partial charge in [0.25, 0.3) is 5.69 Å². The zero-order valence-corrected chi connectivity index (χ0v) is 10.5. The molecule has 0 radical (unpaired) electrons. The van der Waals surface area contributed by atoms with E-state index < -0.39 is 4.92 Å². The molecule has 0 aliphatic carbocycles. The van der Waals surface area contributed by atoms with Gasteiger partial charge in [-0.05, 0) is 13.0 Å². The smallest absolute Gasteiger partial charge is 0.271 e. The number of nitro benzene ring substituents is 1. The molecule has 0 aliphatic rings.